The van der Waals surface area contributed by atoms with Gasteiger partial charge in [-0.15, -0.1) is 0 Å². The number of benzene rings is 4. The zero-order chi connectivity index (χ0) is 37.0. The van der Waals surface area contributed by atoms with Crippen LogP contribution < -0.4 is 14.4 Å². The van der Waals surface area contributed by atoms with Crippen molar-refractivity contribution < 1.29 is 22.9 Å². The third-order valence-electron chi connectivity index (χ3n) is 9.66. The summed E-state index contributed by atoms with van der Waals surface area (Å²) in [5, 5.41) is 13.1. The van der Waals surface area contributed by atoms with Gasteiger partial charge in [-0.2, -0.15) is 0 Å². The van der Waals surface area contributed by atoms with Gasteiger partial charge in [-0.25, -0.2) is 13.1 Å². The third-order valence-corrected chi connectivity index (χ3v) is 11.5. The number of halogens is 2. The van der Waals surface area contributed by atoms with Crippen molar-refractivity contribution in [2.45, 2.75) is 44.6 Å². The third kappa shape index (κ3) is 9.14. The van der Waals surface area contributed by atoms with Crippen molar-refractivity contribution in [2.24, 2.45) is 5.41 Å². The molecule has 0 atom stereocenters. The predicted octanol–water partition coefficient (Wildman–Crippen LogP) is 8.39. The average Bonchev–Trinajstić information content (AvgIpc) is 3.12. The van der Waals surface area contributed by atoms with E-state index in [4.69, 9.17) is 27.9 Å². The number of rotatable bonds is 11. The van der Waals surface area contributed by atoms with Crippen LogP contribution in [-0.2, 0) is 16.6 Å². The van der Waals surface area contributed by atoms with Gasteiger partial charge in [0.2, 0.25) is 0 Å². The first-order valence-corrected chi connectivity index (χ1v) is 19.3. The molecule has 4 aromatic rings. The van der Waals surface area contributed by atoms with E-state index in [1.165, 1.54) is 41.0 Å². The highest BCUT2D eigenvalue weighted by molar-refractivity contribution is 7.90. The van der Waals surface area contributed by atoms with Gasteiger partial charge in [0.25, 0.3) is 21.6 Å². The molecule has 0 aromatic heterocycles. The lowest BCUT2D eigenvalue weighted by atomic mass is 9.72. The smallest absolute Gasteiger partial charge is 0.276 e. The second kappa shape index (κ2) is 15.7. The number of amides is 1. The molecule has 1 aliphatic heterocycles. The Morgan fingerprint density at radius 1 is 0.904 bits per heavy atom. The highest BCUT2D eigenvalue weighted by Crippen LogP contribution is 2.43. The number of nitrogens with one attached hydrogen (secondary N) is 1. The minimum atomic E-state index is -4.26. The van der Waals surface area contributed by atoms with Gasteiger partial charge in [0.15, 0.2) is 0 Å². The zero-order valence-electron chi connectivity index (χ0n) is 29.0. The van der Waals surface area contributed by atoms with Crippen LogP contribution in [0.4, 0.5) is 11.4 Å². The second-order valence-electron chi connectivity index (χ2n) is 14.0. The van der Waals surface area contributed by atoms with Crippen molar-refractivity contribution in [3.05, 3.63) is 133 Å². The van der Waals surface area contributed by atoms with Gasteiger partial charge >= 0.3 is 0 Å². The largest absolute Gasteiger partial charge is 0.489 e. The standard InChI is InChI=1S/C39H40Cl2N4O6S/c1-39(2)18-17-29(36(24-39)27-5-7-31(40)8-6-27)25-43-19-21-44(22-20-43)33-11-15-35(16-12-33)52(49,50)42-38(46)28-3-4-30(37(23-28)45(47)48)26-51-34-13-9-32(41)10-14-34/h3-16,23H,17-22,24-26H2,1-2H3,(H,42,46). The number of carbonyl (C=O) groups is 1. The number of piperazine rings is 1. The van der Waals surface area contributed by atoms with Crippen LogP contribution in [0.1, 0.15) is 54.6 Å². The van der Waals surface area contributed by atoms with Gasteiger partial charge in [-0.3, -0.25) is 19.8 Å². The van der Waals surface area contributed by atoms with Crippen molar-refractivity contribution in [3.63, 3.8) is 0 Å². The van der Waals surface area contributed by atoms with Gasteiger partial charge in [0.1, 0.15) is 12.4 Å². The maximum Gasteiger partial charge on any atom is 0.276 e. The molecule has 0 unspecified atom stereocenters. The minimum absolute atomic E-state index is 0.0902. The summed E-state index contributed by atoms with van der Waals surface area (Å²) in [6.07, 6.45) is 3.26. The molecule has 2 aliphatic rings. The van der Waals surface area contributed by atoms with Crippen molar-refractivity contribution in [3.8, 4) is 5.75 Å². The van der Waals surface area contributed by atoms with Gasteiger partial charge in [0, 0.05) is 60.1 Å². The number of carbonyl (C=O) groups excluding carboxylic acids is 1. The molecule has 1 amide bonds. The van der Waals surface area contributed by atoms with Gasteiger partial charge in [0.05, 0.1) is 15.4 Å². The van der Waals surface area contributed by atoms with E-state index in [2.05, 4.69) is 35.8 Å². The Labute approximate surface area is 314 Å². The highest BCUT2D eigenvalue weighted by atomic mass is 35.5. The number of hydrogen-bond donors (Lipinski definition) is 1. The van der Waals surface area contributed by atoms with Crippen LogP contribution >= 0.6 is 23.2 Å². The molecule has 52 heavy (non-hydrogen) atoms. The Balaban J connectivity index is 1.06. The zero-order valence-corrected chi connectivity index (χ0v) is 31.3. The summed E-state index contributed by atoms with van der Waals surface area (Å²) < 4.78 is 34.0. The molecule has 0 bridgehead atoms. The van der Waals surface area contributed by atoms with Crippen LogP contribution in [0.2, 0.25) is 10.0 Å². The molecule has 1 N–H and O–H groups in total. The fourth-order valence-electron chi connectivity index (χ4n) is 6.66. The lowest BCUT2D eigenvalue weighted by molar-refractivity contribution is -0.385. The Hall–Kier alpha value is -4.42. The van der Waals surface area contributed by atoms with E-state index in [1.807, 2.05) is 16.9 Å². The molecule has 1 fully saturated rings. The summed E-state index contributed by atoms with van der Waals surface area (Å²) in [7, 11) is -4.26. The number of anilines is 1. The second-order valence-corrected chi connectivity index (χ2v) is 16.5. The van der Waals surface area contributed by atoms with Crippen LogP contribution in [0.3, 0.4) is 0 Å². The van der Waals surface area contributed by atoms with Crippen molar-refractivity contribution in [1.82, 2.24) is 9.62 Å². The quantitative estimate of drug-likeness (QED) is 0.120. The first-order valence-electron chi connectivity index (χ1n) is 17.0. The number of nitro benzene ring substituents is 1. The predicted molar refractivity (Wildman–Crippen MR) is 205 cm³/mol. The van der Waals surface area contributed by atoms with E-state index < -0.39 is 20.9 Å². The molecule has 10 nitrogen and oxygen atoms in total. The molecule has 1 heterocycles. The van der Waals surface area contributed by atoms with Gasteiger partial charge in [-0.05, 0) is 109 Å². The van der Waals surface area contributed by atoms with E-state index in [9.17, 15) is 23.3 Å². The lowest BCUT2D eigenvalue weighted by Gasteiger charge is -2.39. The molecule has 0 spiro atoms. The van der Waals surface area contributed by atoms with Crippen LogP contribution in [0, 0.1) is 15.5 Å². The van der Waals surface area contributed by atoms with Crippen LogP contribution in [0.25, 0.3) is 5.57 Å². The summed E-state index contributed by atoms with van der Waals surface area (Å²) in [4.78, 5) is 28.8. The SMILES string of the molecule is CC1(C)CCC(CN2CCN(c3ccc(S(=O)(=O)NC(=O)c4ccc(COc5ccc(Cl)cc5)c([N+](=O)[O-])c4)cc3)CC2)=C(c2ccc(Cl)cc2)C1. The lowest BCUT2D eigenvalue weighted by Crippen LogP contribution is -2.47. The summed E-state index contributed by atoms with van der Waals surface area (Å²) in [6, 6.07) is 24.8. The van der Waals surface area contributed by atoms with Crippen LogP contribution in [0.5, 0.6) is 5.75 Å². The monoisotopic (exact) mass is 762 g/mol. The number of allylic oxidation sites excluding steroid dienone is 1. The van der Waals surface area contributed by atoms with E-state index in [-0.39, 0.29) is 33.7 Å². The number of hydrogen-bond acceptors (Lipinski definition) is 8. The van der Waals surface area contributed by atoms with Gasteiger partial charge < -0.3 is 9.64 Å². The van der Waals surface area contributed by atoms with Crippen LogP contribution in [-0.4, -0.2) is 56.9 Å². The van der Waals surface area contributed by atoms with E-state index >= 15 is 0 Å². The normalized spacial score (nSPS) is 16.4. The molecular weight excluding hydrogens is 723 g/mol. The Bertz CT molecular complexity index is 2080. The average molecular weight is 764 g/mol. The van der Waals surface area contributed by atoms with E-state index in [1.54, 1.807) is 36.4 Å². The fraction of sp³-hybridized carbons (Fsp3) is 0.308. The molecule has 4 aromatic carbocycles. The molecular formula is C39H40Cl2N4O6S. The van der Waals surface area contributed by atoms with Crippen LogP contribution in [0.15, 0.2) is 101 Å². The Morgan fingerprint density at radius 2 is 1.54 bits per heavy atom. The minimum Gasteiger partial charge on any atom is -0.489 e. The molecule has 1 aliphatic carbocycles. The molecule has 0 radical (unpaired) electrons. The first-order chi connectivity index (χ1) is 24.8. The topological polar surface area (TPSA) is 122 Å². The number of sulfonamides is 1. The van der Waals surface area contributed by atoms with Gasteiger partial charge in [-0.1, -0.05) is 54.8 Å². The summed E-state index contributed by atoms with van der Waals surface area (Å²) in [5.41, 5.74) is 4.97. The summed E-state index contributed by atoms with van der Waals surface area (Å²) >= 11 is 12.1. The first kappa shape index (κ1) is 37.3. The van der Waals surface area contributed by atoms with Crippen molar-refractivity contribution >= 4 is 56.1 Å². The maximum atomic E-state index is 13.2. The maximum absolute atomic E-state index is 13.2. The summed E-state index contributed by atoms with van der Waals surface area (Å²) in [6.45, 7) is 8.76. The molecule has 6 rings (SSSR count). The highest BCUT2D eigenvalue weighted by Gasteiger charge is 2.30. The van der Waals surface area contributed by atoms with E-state index in [0.717, 1.165) is 68.8 Å². The molecule has 1 saturated heterocycles. The number of nitro groups is 1. The van der Waals surface area contributed by atoms with E-state index in [0.29, 0.717) is 10.8 Å². The van der Waals surface area contributed by atoms with Crippen molar-refractivity contribution in [1.29, 1.82) is 0 Å². The molecule has 272 valence electrons. The number of ether oxygens (including phenoxy) is 1. The fourth-order valence-corrected chi connectivity index (χ4v) is 7.89. The summed E-state index contributed by atoms with van der Waals surface area (Å²) in [5.74, 6) is -0.523. The Morgan fingerprint density at radius 3 is 2.17 bits per heavy atom. The molecule has 13 heteroatoms. The molecule has 0 saturated carbocycles. The Kier molecular flexibility index (Phi) is 11.3. The number of nitrogens with zero attached hydrogens (tertiary/aromatic N) is 3. The van der Waals surface area contributed by atoms with Crippen molar-refractivity contribution in [2.75, 3.05) is 37.6 Å².